The third-order valence-electron chi connectivity index (χ3n) is 2.65. The molecule has 0 N–H and O–H groups in total. The third kappa shape index (κ3) is 2.44. The summed E-state index contributed by atoms with van der Waals surface area (Å²) in [7, 11) is 0. The predicted octanol–water partition coefficient (Wildman–Crippen LogP) is 3.28. The Bertz CT molecular complexity index is 703. The van der Waals surface area contributed by atoms with Crippen LogP contribution in [-0.2, 0) is 6.54 Å². The van der Waals surface area contributed by atoms with Crippen LogP contribution in [0.25, 0.3) is 10.9 Å². The van der Waals surface area contributed by atoms with Crippen molar-refractivity contribution in [2.45, 2.75) is 26.3 Å². The highest BCUT2D eigenvalue weighted by Gasteiger charge is 2.13. The first-order valence-corrected chi connectivity index (χ1v) is 7.16. The molecule has 2 rings (SSSR count). The van der Waals surface area contributed by atoms with E-state index in [0.717, 1.165) is 17.3 Å². The normalized spacial score (nSPS) is 11.1. The van der Waals surface area contributed by atoms with Crippen molar-refractivity contribution in [3.05, 3.63) is 42.0 Å². The van der Waals surface area contributed by atoms with E-state index < -0.39 is 11.4 Å². The van der Waals surface area contributed by atoms with Crippen LogP contribution in [0.4, 0.5) is 0 Å². The van der Waals surface area contributed by atoms with Gasteiger partial charge in [0.05, 0.1) is 10.9 Å². The highest BCUT2D eigenvalue weighted by Crippen LogP contribution is 2.26. The molecule has 0 radical (unpaired) electrons. The molecule has 6 heteroatoms. The molecule has 4 nitrogen and oxygen atoms in total. The van der Waals surface area contributed by atoms with Crippen molar-refractivity contribution in [2.75, 3.05) is 0 Å². The van der Waals surface area contributed by atoms with Crippen molar-refractivity contribution < 1.29 is 4.42 Å². The first kappa shape index (κ1) is 13.5. The van der Waals surface area contributed by atoms with Gasteiger partial charge in [-0.3, -0.25) is 4.57 Å². The predicted molar refractivity (Wildman–Crippen MR) is 77.1 cm³/mol. The third-order valence-corrected chi connectivity index (χ3v) is 3.72. The maximum atomic E-state index is 11.8. The Morgan fingerprint density at radius 1 is 1.28 bits per heavy atom. The standard InChI is InChI=1S/C12H11Br2NO3/c1-2-3-4-15-10-8(11(16)18-12(15)17)5-7(13)6-9(10)14/h5-6H,2-4H2,1H3. The van der Waals surface area contributed by atoms with Crippen LogP contribution in [0.15, 0.2) is 35.1 Å². The van der Waals surface area contributed by atoms with Gasteiger partial charge >= 0.3 is 11.4 Å². The Labute approximate surface area is 120 Å². The number of rotatable bonds is 3. The second kappa shape index (κ2) is 5.40. The number of benzene rings is 1. The molecule has 0 amide bonds. The average Bonchev–Trinajstić information content (AvgIpc) is 2.29. The summed E-state index contributed by atoms with van der Waals surface area (Å²) in [6.45, 7) is 2.58. The van der Waals surface area contributed by atoms with Crippen LogP contribution < -0.4 is 11.4 Å². The van der Waals surface area contributed by atoms with Crippen molar-refractivity contribution in [1.82, 2.24) is 4.57 Å². The molecule has 18 heavy (non-hydrogen) atoms. The van der Waals surface area contributed by atoms with Gasteiger partial charge in [-0.05, 0) is 34.5 Å². The molecule has 0 aliphatic rings. The maximum Gasteiger partial charge on any atom is 0.422 e. The van der Waals surface area contributed by atoms with E-state index in [0.29, 0.717) is 21.9 Å². The molecule has 1 aromatic heterocycles. The zero-order valence-electron chi connectivity index (χ0n) is 9.70. The number of aryl methyl sites for hydroxylation is 1. The quantitative estimate of drug-likeness (QED) is 0.825. The lowest BCUT2D eigenvalue weighted by atomic mass is 10.2. The second-order valence-electron chi connectivity index (χ2n) is 3.94. The SMILES string of the molecule is CCCCn1c(=O)oc(=O)c2cc(Br)cc(Br)c21. The van der Waals surface area contributed by atoms with E-state index in [9.17, 15) is 9.59 Å². The van der Waals surface area contributed by atoms with Crippen molar-refractivity contribution >= 4 is 42.8 Å². The number of fused-ring (bicyclic) bond motifs is 1. The molecule has 1 aromatic carbocycles. The van der Waals surface area contributed by atoms with Crippen LogP contribution >= 0.6 is 31.9 Å². The summed E-state index contributed by atoms with van der Waals surface area (Å²) in [6.07, 6.45) is 1.81. The number of unbranched alkanes of at least 4 members (excludes halogenated alkanes) is 1. The van der Waals surface area contributed by atoms with Crippen molar-refractivity contribution in [3.8, 4) is 0 Å². The molecule has 0 bridgehead atoms. The van der Waals surface area contributed by atoms with Crippen LogP contribution in [0.3, 0.4) is 0 Å². The summed E-state index contributed by atoms with van der Waals surface area (Å²) in [4.78, 5) is 23.5. The van der Waals surface area contributed by atoms with E-state index in [1.807, 2.05) is 13.0 Å². The fraction of sp³-hybridized carbons (Fsp3) is 0.333. The summed E-state index contributed by atoms with van der Waals surface area (Å²) in [5.41, 5.74) is -0.0161. The first-order chi connectivity index (χ1) is 8.54. The molecule has 2 aromatic rings. The summed E-state index contributed by atoms with van der Waals surface area (Å²) >= 11 is 6.70. The fourth-order valence-corrected chi connectivity index (χ4v) is 3.24. The molecule has 0 unspecified atom stereocenters. The van der Waals surface area contributed by atoms with Crippen LogP contribution in [0.2, 0.25) is 0 Å². The average molecular weight is 377 g/mol. The minimum atomic E-state index is -0.607. The van der Waals surface area contributed by atoms with E-state index in [1.54, 1.807) is 6.07 Å². The van der Waals surface area contributed by atoms with Gasteiger partial charge in [0.1, 0.15) is 0 Å². The molecule has 0 saturated heterocycles. The lowest BCUT2D eigenvalue weighted by Gasteiger charge is -2.09. The fourth-order valence-electron chi connectivity index (χ4n) is 1.80. The Balaban J connectivity index is 2.85. The summed E-state index contributed by atoms with van der Waals surface area (Å²) in [5, 5.41) is 0.395. The number of hydrogen-bond acceptors (Lipinski definition) is 3. The van der Waals surface area contributed by atoms with Crippen LogP contribution in [-0.4, -0.2) is 4.57 Å². The maximum absolute atomic E-state index is 11.8. The first-order valence-electron chi connectivity index (χ1n) is 5.57. The molecular formula is C12H11Br2NO3. The largest absolute Gasteiger partial charge is 0.422 e. The molecule has 96 valence electrons. The summed E-state index contributed by atoms with van der Waals surface area (Å²) in [5.74, 6) is -0.607. The molecule has 0 aliphatic heterocycles. The molecule has 0 fully saturated rings. The van der Waals surface area contributed by atoms with Crippen LogP contribution in [0.5, 0.6) is 0 Å². The Kier molecular flexibility index (Phi) is 4.07. The van der Waals surface area contributed by atoms with Crippen molar-refractivity contribution in [3.63, 3.8) is 0 Å². The van der Waals surface area contributed by atoms with E-state index in [4.69, 9.17) is 4.42 Å². The Hall–Kier alpha value is -0.880. The molecular weight excluding hydrogens is 366 g/mol. The zero-order chi connectivity index (χ0) is 13.3. The van der Waals surface area contributed by atoms with Crippen molar-refractivity contribution in [2.24, 2.45) is 0 Å². The van der Waals surface area contributed by atoms with Gasteiger partial charge in [0.2, 0.25) is 0 Å². The van der Waals surface area contributed by atoms with Gasteiger partial charge < -0.3 is 4.42 Å². The lowest BCUT2D eigenvalue weighted by Crippen LogP contribution is -2.25. The molecule has 0 atom stereocenters. The number of nitrogens with zero attached hydrogens (tertiary/aromatic N) is 1. The smallest absolute Gasteiger partial charge is 0.372 e. The van der Waals surface area contributed by atoms with Gasteiger partial charge in [-0.2, -0.15) is 0 Å². The monoisotopic (exact) mass is 375 g/mol. The highest BCUT2D eigenvalue weighted by atomic mass is 79.9. The van der Waals surface area contributed by atoms with E-state index in [1.165, 1.54) is 4.57 Å². The van der Waals surface area contributed by atoms with E-state index in [2.05, 4.69) is 31.9 Å². The number of halogens is 2. The summed E-state index contributed by atoms with van der Waals surface area (Å²) < 4.78 is 7.70. The minimum Gasteiger partial charge on any atom is -0.372 e. The minimum absolute atomic E-state index is 0.395. The lowest BCUT2D eigenvalue weighted by molar-refractivity contribution is 0.411. The Morgan fingerprint density at radius 2 is 2.00 bits per heavy atom. The molecule has 1 heterocycles. The molecule has 0 spiro atoms. The Morgan fingerprint density at radius 3 is 2.67 bits per heavy atom. The van der Waals surface area contributed by atoms with Gasteiger partial charge in [-0.15, -0.1) is 0 Å². The molecule has 0 saturated carbocycles. The number of aromatic nitrogens is 1. The van der Waals surface area contributed by atoms with E-state index >= 15 is 0 Å². The van der Waals surface area contributed by atoms with Gasteiger partial charge in [-0.1, -0.05) is 29.3 Å². The van der Waals surface area contributed by atoms with Gasteiger partial charge in [0.25, 0.3) is 0 Å². The molecule has 0 aliphatic carbocycles. The van der Waals surface area contributed by atoms with E-state index in [-0.39, 0.29) is 0 Å². The van der Waals surface area contributed by atoms with Gasteiger partial charge in [0.15, 0.2) is 0 Å². The zero-order valence-corrected chi connectivity index (χ0v) is 12.9. The van der Waals surface area contributed by atoms with Crippen molar-refractivity contribution in [1.29, 1.82) is 0 Å². The van der Waals surface area contributed by atoms with Crippen LogP contribution in [0.1, 0.15) is 19.8 Å². The van der Waals surface area contributed by atoms with Gasteiger partial charge in [0, 0.05) is 15.5 Å². The van der Waals surface area contributed by atoms with Gasteiger partial charge in [-0.25, -0.2) is 9.59 Å². The van der Waals surface area contributed by atoms with Crippen LogP contribution in [0, 0.1) is 0 Å². The number of hydrogen-bond donors (Lipinski definition) is 0. The topological polar surface area (TPSA) is 52.2 Å². The second-order valence-corrected chi connectivity index (χ2v) is 5.71. The highest BCUT2D eigenvalue weighted by molar-refractivity contribution is 9.11. The summed E-state index contributed by atoms with van der Waals surface area (Å²) in [6, 6.07) is 3.47.